The van der Waals surface area contributed by atoms with Gasteiger partial charge in [0.05, 0.1) is 5.54 Å². The Labute approximate surface area is 199 Å². The summed E-state index contributed by atoms with van der Waals surface area (Å²) in [7, 11) is 0. The van der Waals surface area contributed by atoms with Crippen molar-refractivity contribution in [3.05, 3.63) is 89.5 Å². The number of aliphatic imine (C=N–C) groups is 2. The minimum Gasteiger partial charge on any atom is -0.305 e. The van der Waals surface area contributed by atoms with Gasteiger partial charge in [-0.3, -0.25) is 14.8 Å². The van der Waals surface area contributed by atoms with Crippen LogP contribution in [-0.2, 0) is 0 Å². The Morgan fingerprint density at radius 1 is 0.939 bits per heavy atom. The van der Waals surface area contributed by atoms with E-state index >= 15 is 0 Å². The van der Waals surface area contributed by atoms with E-state index in [1.807, 2.05) is 54.6 Å². The lowest BCUT2D eigenvalue weighted by Gasteiger charge is -2.36. The van der Waals surface area contributed by atoms with Gasteiger partial charge in [-0.1, -0.05) is 72.4 Å². The smallest absolute Gasteiger partial charge is 0.193 e. The van der Waals surface area contributed by atoms with Crippen LogP contribution < -0.4 is 0 Å². The van der Waals surface area contributed by atoms with E-state index < -0.39 is 0 Å². The largest absolute Gasteiger partial charge is 0.305 e. The van der Waals surface area contributed by atoms with Gasteiger partial charge in [0.1, 0.15) is 5.84 Å². The predicted octanol–water partition coefficient (Wildman–Crippen LogP) is 6.30. The quantitative estimate of drug-likeness (QED) is 0.437. The molecule has 166 valence electrons. The van der Waals surface area contributed by atoms with Gasteiger partial charge >= 0.3 is 0 Å². The lowest BCUT2D eigenvalue weighted by molar-refractivity contribution is 0.103. The number of benzene rings is 3. The summed E-state index contributed by atoms with van der Waals surface area (Å²) < 4.78 is 0. The summed E-state index contributed by atoms with van der Waals surface area (Å²) in [6.07, 6.45) is 1.05. The molecule has 3 aromatic carbocycles. The summed E-state index contributed by atoms with van der Waals surface area (Å²) in [5, 5.41) is 1.02. The standard InChI is InChI=1S/C28H27N3OS/c1-28(2,3)30-27-31-17-7-16-29-26(31)23-15-14-22(18-24(23)33-27)19-10-12-21(13-11-19)25(32)20-8-5-4-6-9-20/h4-6,8-15,18H,7,16-17H2,1-3H3. The molecule has 5 rings (SSSR count). The van der Waals surface area contributed by atoms with Gasteiger partial charge in [-0.25, -0.2) is 0 Å². The van der Waals surface area contributed by atoms with Crippen molar-refractivity contribution < 1.29 is 4.79 Å². The molecule has 0 amide bonds. The molecule has 4 nitrogen and oxygen atoms in total. The first-order valence-corrected chi connectivity index (χ1v) is 12.1. The van der Waals surface area contributed by atoms with Crippen molar-refractivity contribution in [3.63, 3.8) is 0 Å². The van der Waals surface area contributed by atoms with E-state index in [1.54, 1.807) is 11.8 Å². The number of nitrogens with zero attached hydrogens (tertiary/aromatic N) is 3. The van der Waals surface area contributed by atoms with Crippen LogP contribution in [0.1, 0.15) is 48.7 Å². The van der Waals surface area contributed by atoms with E-state index in [4.69, 9.17) is 9.98 Å². The van der Waals surface area contributed by atoms with Crippen LogP contribution in [0, 0.1) is 0 Å². The monoisotopic (exact) mass is 453 g/mol. The van der Waals surface area contributed by atoms with Gasteiger partial charge in [0.25, 0.3) is 0 Å². The fraction of sp³-hybridized carbons (Fsp3) is 0.250. The van der Waals surface area contributed by atoms with Crippen LogP contribution in [0.4, 0.5) is 0 Å². The lowest BCUT2D eigenvalue weighted by Crippen LogP contribution is -2.43. The molecule has 0 spiro atoms. The molecule has 0 bridgehead atoms. The number of rotatable bonds is 3. The van der Waals surface area contributed by atoms with Crippen molar-refractivity contribution in [1.29, 1.82) is 0 Å². The molecule has 33 heavy (non-hydrogen) atoms. The van der Waals surface area contributed by atoms with Crippen LogP contribution in [-0.4, -0.2) is 40.3 Å². The first-order chi connectivity index (χ1) is 15.9. The zero-order valence-corrected chi connectivity index (χ0v) is 20.0. The summed E-state index contributed by atoms with van der Waals surface area (Å²) in [4.78, 5) is 26.0. The summed E-state index contributed by atoms with van der Waals surface area (Å²) in [6, 6.07) is 23.8. The molecule has 0 fully saturated rings. The average molecular weight is 454 g/mol. The topological polar surface area (TPSA) is 45.0 Å². The van der Waals surface area contributed by atoms with Crippen molar-refractivity contribution in [3.8, 4) is 11.1 Å². The van der Waals surface area contributed by atoms with Crippen molar-refractivity contribution in [2.75, 3.05) is 13.1 Å². The molecule has 0 aliphatic carbocycles. The molecule has 0 radical (unpaired) electrons. The Morgan fingerprint density at radius 2 is 1.64 bits per heavy atom. The van der Waals surface area contributed by atoms with E-state index in [-0.39, 0.29) is 11.3 Å². The minimum atomic E-state index is -0.152. The highest BCUT2D eigenvalue weighted by Gasteiger charge is 2.31. The molecule has 0 unspecified atom stereocenters. The third-order valence-corrected chi connectivity index (χ3v) is 6.71. The summed E-state index contributed by atoms with van der Waals surface area (Å²) >= 11 is 1.72. The van der Waals surface area contributed by atoms with Crippen LogP contribution in [0.2, 0.25) is 0 Å². The van der Waals surface area contributed by atoms with Crippen molar-refractivity contribution in [1.82, 2.24) is 4.90 Å². The molecular weight excluding hydrogens is 426 g/mol. The van der Waals surface area contributed by atoms with Crippen molar-refractivity contribution in [2.24, 2.45) is 9.98 Å². The first-order valence-electron chi connectivity index (χ1n) is 11.3. The number of fused-ring (bicyclic) bond motifs is 3. The maximum Gasteiger partial charge on any atom is 0.193 e. The Kier molecular flexibility index (Phi) is 5.67. The van der Waals surface area contributed by atoms with E-state index in [0.717, 1.165) is 41.6 Å². The van der Waals surface area contributed by atoms with Gasteiger partial charge in [0, 0.05) is 34.7 Å². The Balaban J connectivity index is 1.47. The molecule has 0 N–H and O–H groups in total. The van der Waals surface area contributed by atoms with Gasteiger partial charge in [0.2, 0.25) is 0 Å². The van der Waals surface area contributed by atoms with Gasteiger partial charge in [-0.05, 0) is 50.5 Å². The van der Waals surface area contributed by atoms with Crippen molar-refractivity contribution in [2.45, 2.75) is 37.6 Å². The maximum absolute atomic E-state index is 12.7. The molecule has 2 heterocycles. The molecule has 5 heteroatoms. The zero-order valence-electron chi connectivity index (χ0n) is 19.2. The highest BCUT2D eigenvalue weighted by molar-refractivity contribution is 8.14. The van der Waals surface area contributed by atoms with Gasteiger partial charge in [-0.2, -0.15) is 0 Å². The maximum atomic E-state index is 12.7. The fourth-order valence-electron chi connectivity index (χ4n) is 4.09. The molecule has 3 aromatic rings. The second-order valence-corrected chi connectivity index (χ2v) is 10.4. The van der Waals surface area contributed by atoms with E-state index in [0.29, 0.717) is 11.1 Å². The summed E-state index contributed by atoms with van der Waals surface area (Å²) in [6.45, 7) is 8.21. The van der Waals surface area contributed by atoms with Crippen molar-refractivity contribution >= 4 is 28.5 Å². The second kappa shape index (κ2) is 8.64. The Morgan fingerprint density at radius 3 is 2.36 bits per heavy atom. The highest BCUT2D eigenvalue weighted by Crippen LogP contribution is 2.37. The highest BCUT2D eigenvalue weighted by atomic mass is 32.2. The normalized spacial score (nSPS) is 16.8. The van der Waals surface area contributed by atoms with Crippen LogP contribution >= 0.6 is 11.8 Å². The zero-order chi connectivity index (χ0) is 23.0. The van der Waals surface area contributed by atoms with E-state index in [2.05, 4.69) is 43.9 Å². The molecule has 0 saturated carbocycles. The molecular formula is C28H27N3OS. The Hall–Kier alpha value is -3.18. The number of hydrogen-bond donors (Lipinski definition) is 0. The lowest BCUT2D eigenvalue weighted by atomic mass is 9.98. The van der Waals surface area contributed by atoms with E-state index in [1.165, 1.54) is 10.5 Å². The van der Waals surface area contributed by atoms with Crippen LogP contribution in [0.25, 0.3) is 11.1 Å². The minimum absolute atomic E-state index is 0.0431. The average Bonchev–Trinajstić information content (AvgIpc) is 2.83. The van der Waals surface area contributed by atoms with Crippen LogP contribution in [0.5, 0.6) is 0 Å². The van der Waals surface area contributed by atoms with Gasteiger partial charge < -0.3 is 4.90 Å². The number of amidine groups is 2. The summed E-state index contributed by atoms with van der Waals surface area (Å²) in [5.74, 6) is 1.08. The van der Waals surface area contributed by atoms with Gasteiger partial charge in [-0.15, -0.1) is 0 Å². The van der Waals surface area contributed by atoms with E-state index in [9.17, 15) is 4.79 Å². The summed E-state index contributed by atoms with van der Waals surface area (Å²) in [5.41, 5.74) is 4.64. The number of carbonyl (C=O) groups excluding carboxylic acids is 1. The van der Waals surface area contributed by atoms with Gasteiger partial charge in [0.15, 0.2) is 11.0 Å². The third kappa shape index (κ3) is 4.51. The predicted molar refractivity (Wildman–Crippen MR) is 138 cm³/mol. The number of hydrogen-bond acceptors (Lipinski definition) is 4. The molecule has 0 saturated heterocycles. The SMILES string of the molecule is CC(C)(C)N=C1Sc2cc(-c3ccc(C(=O)c4ccccc4)cc3)ccc2C2=NCCCN12. The van der Waals surface area contributed by atoms with Crippen LogP contribution in [0.15, 0.2) is 87.7 Å². The fourth-order valence-corrected chi connectivity index (χ4v) is 5.35. The Bertz CT molecular complexity index is 1250. The molecule has 2 aliphatic heterocycles. The number of thioether (sulfide) groups is 1. The number of carbonyl (C=O) groups is 1. The molecule has 2 aliphatic rings. The third-order valence-electron chi connectivity index (χ3n) is 5.66. The first kappa shape index (κ1) is 21.7. The molecule has 0 aromatic heterocycles. The number of ketones is 1. The second-order valence-electron chi connectivity index (χ2n) is 9.36. The molecule has 0 atom stereocenters. The van der Waals surface area contributed by atoms with Crippen LogP contribution in [0.3, 0.4) is 0 Å².